The molecule has 0 radical (unpaired) electrons. The topological polar surface area (TPSA) is 52.6 Å². The lowest BCUT2D eigenvalue weighted by molar-refractivity contribution is -0.131. The van der Waals surface area contributed by atoms with Gasteiger partial charge >= 0.3 is 11.9 Å². The number of carbonyl (C=O) groups is 2. The van der Waals surface area contributed by atoms with Gasteiger partial charge in [0.1, 0.15) is 11.5 Å². The molecule has 30 heavy (non-hydrogen) atoms. The van der Waals surface area contributed by atoms with Gasteiger partial charge in [-0.3, -0.25) is 0 Å². The maximum atomic E-state index is 11.2. The number of rotatable bonds is 6. The van der Waals surface area contributed by atoms with Crippen LogP contribution in [0.2, 0.25) is 0 Å². The summed E-state index contributed by atoms with van der Waals surface area (Å²) in [4.78, 5) is 22.5. The van der Waals surface area contributed by atoms with Crippen molar-refractivity contribution in [1.82, 2.24) is 0 Å². The zero-order valence-corrected chi connectivity index (χ0v) is 18.1. The minimum Gasteiger partial charge on any atom is -0.423 e. The van der Waals surface area contributed by atoms with E-state index in [0.29, 0.717) is 22.6 Å². The third-order valence-corrected chi connectivity index (χ3v) is 3.81. The van der Waals surface area contributed by atoms with E-state index < -0.39 is 11.9 Å². The molecule has 0 amide bonds. The number of allylic oxidation sites excluding steroid dienone is 2. The smallest absolute Gasteiger partial charge is 0.338 e. The molecule has 0 saturated carbocycles. The molecule has 156 valence electrons. The van der Waals surface area contributed by atoms with Gasteiger partial charge in [-0.25, -0.2) is 9.59 Å². The maximum absolute atomic E-state index is 11.2. The Bertz CT molecular complexity index is 881. The molecule has 0 aliphatic carbocycles. The van der Waals surface area contributed by atoms with Crippen molar-refractivity contribution in [2.45, 2.75) is 27.7 Å². The van der Waals surface area contributed by atoms with E-state index in [1.807, 2.05) is 13.8 Å². The first-order valence-electron chi connectivity index (χ1n) is 9.28. The summed E-state index contributed by atoms with van der Waals surface area (Å²) in [6.45, 7) is 21.8. The number of esters is 2. The first kappa shape index (κ1) is 24.4. The van der Waals surface area contributed by atoms with Gasteiger partial charge in [0.15, 0.2) is 0 Å². The van der Waals surface area contributed by atoms with Crippen molar-refractivity contribution in [3.63, 3.8) is 0 Å². The van der Waals surface area contributed by atoms with Crippen molar-refractivity contribution in [2.75, 3.05) is 0 Å². The van der Waals surface area contributed by atoms with Crippen molar-refractivity contribution < 1.29 is 19.1 Å². The molecule has 0 saturated heterocycles. The highest BCUT2D eigenvalue weighted by Gasteiger charge is 2.07. The number of hydrogen-bond donors (Lipinski definition) is 0. The quantitative estimate of drug-likeness (QED) is 0.317. The van der Waals surface area contributed by atoms with Crippen LogP contribution < -0.4 is 9.47 Å². The average molecular weight is 405 g/mol. The molecule has 0 fully saturated rings. The molecule has 4 nitrogen and oxygen atoms in total. The van der Waals surface area contributed by atoms with Gasteiger partial charge in [-0.1, -0.05) is 61.7 Å². The van der Waals surface area contributed by atoms with Crippen LogP contribution >= 0.6 is 0 Å². The number of carbonyl (C=O) groups excluding carboxylic acids is 2. The molecule has 0 heterocycles. The Morgan fingerprint density at radius 1 is 0.567 bits per heavy atom. The lowest BCUT2D eigenvalue weighted by Crippen LogP contribution is -2.09. The number of ether oxygens (including phenoxy) is 2. The van der Waals surface area contributed by atoms with Crippen LogP contribution in [0.15, 0.2) is 86.0 Å². The molecule has 0 atom stereocenters. The van der Waals surface area contributed by atoms with Crippen molar-refractivity contribution in [3.8, 4) is 11.5 Å². The van der Waals surface area contributed by atoms with E-state index in [1.54, 1.807) is 13.8 Å². The molecule has 0 aromatic heterocycles. The summed E-state index contributed by atoms with van der Waals surface area (Å²) in [5.74, 6) is -0.278. The fraction of sp³-hybridized carbons (Fsp3) is 0.154. The summed E-state index contributed by atoms with van der Waals surface area (Å²) < 4.78 is 9.97. The zero-order valence-electron chi connectivity index (χ0n) is 18.1. The summed E-state index contributed by atoms with van der Waals surface area (Å²) in [5.41, 5.74) is 5.21. The summed E-state index contributed by atoms with van der Waals surface area (Å²) in [6.07, 6.45) is 0. The second kappa shape index (κ2) is 11.4. The van der Waals surface area contributed by atoms with E-state index in [1.165, 1.54) is 35.4 Å². The molecule has 4 heteroatoms. The third-order valence-electron chi connectivity index (χ3n) is 3.81. The van der Waals surface area contributed by atoms with Crippen LogP contribution in [0.4, 0.5) is 0 Å². The minimum absolute atomic E-state index is 0.313. The average Bonchev–Trinajstić information content (AvgIpc) is 2.69. The lowest BCUT2D eigenvalue weighted by Gasteiger charge is -2.06. The highest BCUT2D eigenvalue weighted by molar-refractivity contribution is 5.89. The molecule has 2 rings (SSSR count). The fourth-order valence-electron chi connectivity index (χ4n) is 2.00. The maximum Gasteiger partial charge on any atom is 0.338 e. The minimum atomic E-state index is -0.498. The van der Waals surface area contributed by atoms with E-state index in [9.17, 15) is 9.59 Å². The first-order chi connectivity index (χ1) is 14.0. The largest absolute Gasteiger partial charge is 0.423 e. The van der Waals surface area contributed by atoms with E-state index in [-0.39, 0.29) is 0 Å². The molecule has 0 unspecified atom stereocenters. The van der Waals surface area contributed by atoms with Gasteiger partial charge < -0.3 is 9.47 Å². The Morgan fingerprint density at radius 3 is 1.03 bits per heavy atom. The van der Waals surface area contributed by atoms with Gasteiger partial charge in [-0.2, -0.15) is 0 Å². The molecule has 2 aromatic carbocycles. The van der Waals surface area contributed by atoms with Crippen molar-refractivity contribution >= 4 is 23.1 Å². The van der Waals surface area contributed by atoms with Crippen LogP contribution in [0.3, 0.4) is 0 Å². The van der Waals surface area contributed by atoms with E-state index >= 15 is 0 Å². The Hall–Kier alpha value is -3.66. The first-order valence-corrected chi connectivity index (χ1v) is 9.28. The molecule has 2 aromatic rings. The van der Waals surface area contributed by atoms with Crippen LogP contribution in [0.1, 0.15) is 38.8 Å². The van der Waals surface area contributed by atoms with Crippen molar-refractivity contribution in [2.24, 2.45) is 0 Å². The summed E-state index contributed by atoms with van der Waals surface area (Å²) in [6, 6.07) is 14.4. The third kappa shape index (κ3) is 8.15. The number of hydrogen-bond acceptors (Lipinski definition) is 4. The highest BCUT2D eigenvalue weighted by atomic mass is 16.5. The van der Waals surface area contributed by atoms with Crippen molar-refractivity contribution in [3.05, 3.63) is 97.1 Å². The standard InChI is InChI=1S/C14H14O4.C12H14/c1-9(2)13(15)17-11-5-7-12(8-6-11)18-14(16)10(3)4;1-9(2)11-5-7-12(8-6-11)10(3)4/h5-8H,1,3H2,2,4H3;5-8H,1,3H2,2,4H3. The molecular formula is C26H28O4. The van der Waals surface area contributed by atoms with Crippen LogP contribution in [-0.4, -0.2) is 11.9 Å². The van der Waals surface area contributed by atoms with Crippen LogP contribution in [0.25, 0.3) is 11.1 Å². The molecule has 0 bridgehead atoms. The molecule has 0 N–H and O–H groups in total. The zero-order chi connectivity index (χ0) is 22.8. The second-order valence-corrected chi connectivity index (χ2v) is 6.95. The SMILES string of the molecule is C=C(C)C(=O)Oc1ccc(OC(=O)C(=C)C)cc1.C=C(C)c1ccc(C(=C)C)cc1. The molecular weight excluding hydrogens is 376 g/mol. The Kier molecular flexibility index (Phi) is 9.24. The van der Waals surface area contributed by atoms with E-state index in [2.05, 4.69) is 50.6 Å². The van der Waals surface area contributed by atoms with Gasteiger partial charge in [-0.15, -0.1) is 0 Å². The number of benzene rings is 2. The monoisotopic (exact) mass is 404 g/mol. The predicted molar refractivity (Wildman–Crippen MR) is 123 cm³/mol. The molecule has 0 aliphatic heterocycles. The Morgan fingerprint density at radius 2 is 0.833 bits per heavy atom. The second-order valence-electron chi connectivity index (χ2n) is 6.95. The van der Waals surface area contributed by atoms with Crippen LogP contribution in [-0.2, 0) is 9.59 Å². The van der Waals surface area contributed by atoms with Crippen LogP contribution in [0, 0.1) is 0 Å². The van der Waals surface area contributed by atoms with Gasteiger partial charge in [0.2, 0.25) is 0 Å². The van der Waals surface area contributed by atoms with Crippen molar-refractivity contribution in [1.29, 1.82) is 0 Å². The summed E-state index contributed by atoms with van der Waals surface area (Å²) >= 11 is 0. The predicted octanol–water partition coefficient (Wildman–Crippen LogP) is 6.40. The van der Waals surface area contributed by atoms with Gasteiger partial charge in [0, 0.05) is 11.1 Å². The normalized spacial score (nSPS) is 9.47. The van der Waals surface area contributed by atoms with Gasteiger partial charge in [-0.05, 0) is 63.1 Å². The van der Waals surface area contributed by atoms with Gasteiger partial charge in [0.05, 0.1) is 0 Å². The summed E-state index contributed by atoms with van der Waals surface area (Å²) in [7, 11) is 0. The highest BCUT2D eigenvalue weighted by Crippen LogP contribution is 2.19. The molecule has 0 aliphatic rings. The van der Waals surface area contributed by atoms with Gasteiger partial charge in [0.25, 0.3) is 0 Å². The fourth-order valence-corrected chi connectivity index (χ4v) is 2.00. The lowest BCUT2D eigenvalue weighted by atomic mass is 10.0. The van der Waals surface area contributed by atoms with Crippen LogP contribution in [0.5, 0.6) is 11.5 Å². The Labute approximate surface area is 178 Å². The summed E-state index contributed by atoms with van der Waals surface area (Å²) in [5, 5.41) is 0. The van der Waals surface area contributed by atoms with E-state index in [0.717, 1.165) is 11.1 Å². The molecule has 0 spiro atoms. The van der Waals surface area contributed by atoms with E-state index in [4.69, 9.17) is 9.47 Å². The Balaban J connectivity index is 0.000000325.